The quantitative estimate of drug-likeness (QED) is 0.811. The van der Waals surface area contributed by atoms with E-state index >= 15 is 0 Å². The SMILES string of the molecule is CNS(=O)(=O)c1cccc(C(C)NCc2ncoc2C(C)C)c1. The molecule has 6 nitrogen and oxygen atoms in total. The van der Waals surface area contributed by atoms with Gasteiger partial charge in [-0.05, 0) is 31.7 Å². The third kappa shape index (κ3) is 4.19. The summed E-state index contributed by atoms with van der Waals surface area (Å²) in [6.45, 7) is 6.66. The van der Waals surface area contributed by atoms with Crippen LogP contribution in [-0.4, -0.2) is 20.4 Å². The Morgan fingerprint density at radius 3 is 2.65 bits per heavy atom. The summed E-state index contributed by atoms with van der Waals surface area (Å²) in [4.78, 5) is 4.50. The van der Waals surface area contributed by atoms with Gasteiger partial charge in [-0.15, -0.1) is 0 Å². The lowest BCUT2D eigenvalue weighted by Crippen LogP contribution is -2.21. The fourth-order valence-corrected chi connectivity index (χ4v) is 3.10. The van der Waals surface area contributed by atoms with Gasteiger partial charge in [-0.1, -0.05) is 26.0 Å². The second kappa shape index (κ2) is 7.25. The van der Waals surface area contributed by atoms with Crippen LogP contribution in [0.2, 0.25) is 0 Å². The highest BCUT2D eigenvalue weighted by molar-refractivity contribution is 7.89. The fraction of sp³-hybridized carbons (Fsp3) is 0.438. The summed E-state index contributed by atoms with van der Waals surface area (Å²) >= 11 is 0. The molecule has 1 heterocycles. The van der Waals surface area contributed by atoms with E-state index in [4.69, 9.17) is 4.42 Å². The summed E-state index contributed by atoms with van der Waals surface area (Å²) in [7, 11) is -2.03. The number of nitrogens with one attached hydrogen (secondary N) is 2. The van der Waals surface area contributed by atoms with Gasteiger partial charge in [0.1, 0.15) is 5.76 Å². The molecular weight excluding hydrogens is 314 g/mol. The number of rotatable bonds is 7. The van der Waals surface area contributed by atoms with Crippen molar-refractivity contribution in [1.82, 2.24) is 15.0 Å². The highest BCUT2D eigenvalue weighted by atomic mass is 32.2. The van der Waals surface area contributed by atoms with Crippen molar-refractivity contribution in [2.45, 2.75) is 44.2 Å². The van der Waals surface area contributed by atoms with Crippen LogP contribution in [0.5, 0.6) is 0 Å². The van der Waals surface area contributed by atoms with E-state index in [1.807, 2.05) is 13.0 Å². The number of sulfonamides is 1. The molecule has 0 bridgehead atoms. The Labute approximate surface area is 137 Å². The normalized spacial score (nSPS) is 13.4. The molecule has 126 valence electrons. The first kappa shape index (κ1) is 17.7. The Bertz CT molecular complexity index is 753. The molecule has 2 rings (SSSR count). The average molecular weight is 337 g/mol. The maximum Gasteiger partial charge on any atom is 0.240 e. The largest absolute Gasteiger partial charge is 0.448 e. The molecule has 1 unspecified atom stereocenters. The molecule has 0 aliphatic rings. The minimum absolute atomic E-state index is 0.0151. The third-order valence-corrected chi connectivity index (χ3v) is 5.12. The summed E-state index contributed by atoms with van der Waals surface area (Å²) in [5.41, 5.74) is 1.78. The number of hydrogen-bond donors (Lipinski definition) is 2. The van der Waals surface area contributed by atoms with Crippen LogP contribution in [0, 0.1) is 0 Å². The molecule has 2 aromatic rings. The third-order valence-electron chi connectivity index (χ3n) is 3.71. The summed E-state index contributed by atoms with van der Waals surface area (Å²) in [6.07, 6.45) is 1.46. The average Bonchev–Trinajstić information content (AvgIpc) is 3.01. The lowest BCUT2D eigenvalue weighted by molar-refractivity contribution is 0.473. The predicted octanol–water partition coefficient (Wildman–Crippen LogP) is 2.56. The van der Waals surface area contributed by atoms with Gasteiger partial charge in [0.15, 0.2) is 6.39 Å². The molecule has 1 aromatic heterocycles. The van der Waals surface area contributed by atoms with Gasteiger partial charge in [-0.2, -0.15) is 0 Å². The van der Waals surface area contributed by atoms with Gasteiger partial charge in [0, 0.05) is 18.5 Å². The van der Waals surface area contributed by atoms with Crippen molar-refractivity contribution >= 4 is 10.0 Å². The van der Waals surface area contributed by atoms with Gasteiger partial charge in [-0.25, -0.2) is 18.1 Å². The molecule has 0 spiro atoms. The number of hydrogen-bond acceptors (Lipinski definition) is 5. The van der Waals surface area contributed by atoms with Crippen molar-refractivity contribution in [2.24, 2.45) is 0 Å². The first-order valence-electron chi connectivity index (χ1n) is 7.54. The minimum Gasteiger partial charge on any atom is -0.448 e. The maximum atomic E-state index is 11.9. The second-order valence-corrected chi connectivity index (χ2v) is 7.59. The zero-order chi connectivity index (χ0) is 17.0. The smallest absolute Gasteiger partial charge is 0.240 e. The molecule has 0 aliphatic heterocycles. The Balaban J connectivity index is 2.11. The van der Waals surface area contributed by atoms with Crippen molar-refractivity contribution in [3.63, 3.8) is 0 Å². The zero-order valence-corrected chi connectivity index (χ0v) is 14.6. The Morgan fingerprint density at radius 1 is 1.26 bits per heavy atom. The van der Waals surface area contributed by atoms with Crippen molar-refractivity contribution in [2.75, 3.05) is 7.05 Å². The Kier molecular flexibility index (Phi) is 5.56. The van der Waals surface area contributed by atoms with Crippen LogP contribution in [0.25, 0.3) is 0 Å². The monoisotopic (exact) mass is 337 g/mol. The van der Waals surface area contributed by atoms with E-state index in [-0.39, 0.29) is 16.9 Å². The summed E-state index contributed by atoms with van der Waals surface area (Å²) in [5, 5.41) is 3.36. The summed E-state index contributed by atoms with van der Waals surface area (Å²) in [6, 6.07) is 6.89. The lowest BCUT2D eigenvalue weighted by atomic mass is 10.1. The molecule has 1 atom stereocenters. The van der Waals surface area contributed by atoms with Crippen molar-refractivity contribution in [1.29, 1.82) is 0 Å². The molecule has 0 aliphatic carbocycles. The molecule has 0 amide bonds. The van der Waals surface area contributed by atoms with E-state index in [0.29, 0.717) is 6.54 Å². The molecule has 23 heavy (non-hydrogen) atoms. The summed E-state index contributed by atoms with van der Waals surface area (Å²) < 4.78 is 31.5. The van der Waals surface area contributed by atoms with Crippen molar-refractivity contribution < 1.29 is 12.8 Å². The van der Waals surface area contributed by atoms with Gasteiger partial charge >= 0.3 is 0 Å². The van der Waals surface area contributed by atoms with Crippen LogP contribution in [-0.2, 0) is 16.6 Å². The number of nitrogens with zero attached hydrogens (tertiary/aromatic N) is 1. The minimum atomic E-state index is -3.44. The molecule has 0 fully saturated rings. The molecule has 0 saturated carbocycles. The first-order chi connectivity index (χ1) is 10.8. The van der Waals surface area contributed by atoms with Gasteiger partial charge in [0.2, 0.25) is 10.0 Å². The van der Waals surface area contributed by atoms with Crippen LogP contribution in [0.4, 0.5) is 0 Å². The van der Waals surface area contributed by atoms with Gasteiger partial charge in [0.05, 0.1) is 10.6 Å². The van der Waals surface area contributed by atoms with Crippen LogP contribution in [0.3, 0.4) is 0 Å². The van der Waals surface area contributed by atoms with Gasteiger partial charge in [-0.3, -0.25) is 0 Å². The first-order valence-corrected chi connectivity index (χ1v) is 9.02. The molecule has 0 radical (unpaired) electrons. The van der Waals surface area contributed by atoms with E-state index in [0.717, 1.165) is 17.0 Å². The summed E-state index contributed by atoms with van der Waals surface area (Å²) in [5.74, 6) is 1.14. The predicted molar refractivity (Wildman–Crippen MR) is 88.5 cm³/mol. The van der Waals surface area contributed by atoms with Crippen molar-refractivity contribution in [3.05, 3.63) is 47.7 Å². The van der Waals surface area contributed by atoms with Crippen LogP contribution in [0.15, 0.2) is 40.0 Å². The van der Waals surface area contributed by atoms with Gasteiger partial charge < -0.3 is 9.73 Å². The molecular formula is C16H23N3O3S. The van der Waals surface area contributed by atoms with E-state index in [1.165, 1.54) is 13.4 Å². The second-order valence-electron chi connectivity index (χ2n) is 5.70. The van der Waals surface area contributed by atoms with E-state index < -0.39 is 10.0 Å². The molecule has 1 aromatic carbocycles. The van der Waals surface area contributed by atoms with Crippen LogP contribution in [0.1, 0.15) is 49.7 Å². The van der Waals surface area contributed by atoms with E-state index in [2.05, 4.69) is 28.9 Å². The van der Waals surface area contributed by atoms with E-state index in [1.54, 1.807) is 18.2 Å². The molecule has 7 heteroatoms. The zero-order valence-electron chi connectivity index (χ0n) is 13.8. The standard InChI is InChI=1S/C16H23N3O3S/c1-11(2)16-15(19-10-22-16)9-18-12(3)13-6-5-7-14(8-13)23(20,21)17-4/h5-8,10-12,17-18H,9H2,1-4H3. The Hall–Kier alpha value is -1.70. The van der Waals surface area contributed by atoms with Crippen LogP contribution < -0.4 is 10.0 Å². The topological polar surface area (TPSA) is 84.2 Å². The molecule has 0 saturated heterocycles. The highest BCUT2D eigenvalue weighted by Gasteiger charge is 2.16. The number of benzene rings is 1. The lowest BCUT2D eigenvalue weighted by Gasteiger charge is -2.15. The van der Waals surface area contributed by atoms with E-state index in [9.17, 15) is 8.42 Å². The van der Waals surface area contributed by atoms with Gasteiger partial charge in [0.25, 0.3) is 0 Å². The van der Waals surface area contributed by atoms with Crippen molar-refractivity contribution in [3.8, 4) is 0 Å². The fourth-order valence-electron chi connectivity index (χ4n) is 2.32. The maximum absolute atomic E-state index is 11.9. The highest BCUT2D eigenvalue weighted by Crippen LogP contribution is 2.21. The van der Waals surface area contributed by atoms with Crippen LogP contribution >= 0.6 is 0 Å². The number of oxazole rings is 1. The molecule has 2 N–H and O–H groups in total. The Morgan fingerprint density at radius 2 is 2.00 bits per heavy atom. The number of aromatic nitrogens is 1.